The zero-order valence-electron chi connectivity index (χ0n) is 18.1. The Morgan fingerprint density at radius 1 is 0.875 bits per heavy atom. The monoisotopic (exact) mass is 433 g/mol. The highest BCUT2D eigenvalue weighted by molar-refractivity contribution is 5.79. The quantitative estimate of drug-likeness (QED) is 0.617. The highest BCUT2D eigenvalue weighted by atomic mass is 16.2. The van der Waals surface area contributed by atoms with E-state index in [1.54, 1.807) is 18.2 Å². The first kappa shape index (κ1) is 20.4. The number of aromatic nitrogens is 4. The topological polar surface area (TPSA) is 87.5 Å². The van der Waals surface area contributed by atoms with Gasteiger partial charge in [0.05, 0.1) is 17.2 Å². The van der Waals surface area contributed by atoms with Gasteiger partial charge in [-0.2, -0.15) is 4.98 Å². The van der Waals surface area contributed by atoms with Gasteiger partial charge in [-0.15, -0.1) is 0 Å². The molecule has 3 aromatic rings. The Morgan fingerprint density at radius 3 is 2.47 bits per heavy atom. The molecule has 2 aliphatic heterocycles. The van der Waals surface area contributed by atoms with Crippen LogP contribution in [0.5, 0.6) is 0 Å². The first-order valence-corrected chi connectivity index (χ1v) is 11.2. The standard InChI is InChI=1S/C23H27N7O2/c31-21(16-30-17-25-19-7-3-2-6-18(19)22(30)32)28-14-12-27(13-15-28)20-8-9-24-23(26-20)29-10-4-1-5-11-29/h2-3,6-9,17H,1,4-5,10-16H2. The molecule has 0 N–H and O–H groups in total. The van der Waals surface area contributed by atoms with Crippen LogP contribution in [0.3, 0.4) is 0 Å². The molecule has 4 heterocycles. The summed E-state index contributed by atoms with van der Waals surface area (Å²) >= 11 is 0. The van der Waals surface area contributed by atoms with Gasteiger partial charge >= 0.3 is 0 Å². The molecule has 2 aliphatic rings. The van der Waals surface area contributed by atoms with Crippen LogP contribution in [0, 0.1) is 0 Å². The summed E-state index contributed by atoms with van der Waals surface area (Å²) in [6.45, 7) is 4.61. The molecule has 32 heavy (non-hydrogen) atoms. The van der Waals surface area contributed by atoms with Gasteiger partial charge < -0.3 is 14.7 Å². The van der Waals surface area contributed by atoms with E-state index in [1.165, 1.54) is 30.2 Å². The second-order valence-corrected chi connectivity index (χ2v) is 8.33. The van der Waals surface area contributed by atoms with Gasteiger partial charge in [0.15, 0.2) is 0 Å². The minimum atomic E-state index is -0.186. The fourth-order valence-electron chi connectivity index (χ4n) is 4.41. The van der Waals surface area contributed by atoms with Crippen LogP contribution < -0.4 is 15.4 Å². The van der Waals surface area contributed by atoms with Gasteiger partial charge in [-0.25, -0.2) is 9.97 Å². The molecular weight excluding hydrogens is 406 g/mol. The molecule has 9 nitrogen and oxygen atoms in total. The number of benzene rings is 1. The minimum Gasteiger partial charge on any atom is -0.353 e. The number of hydrogen-bond acceptors (Lipinski definition) is 7. The average molecular weight is 434 g/mol. The van der Waals surface area contributed by atoms with Gasteiger partial charge in [0.25, 0.3) is 5.56 Å². The van der Waals surface area contributed by atoms with E-state index in [1.807, 2.05) is 23.2 Å². The van der Waals surface area contributed by atoms with Crippen LogP contribution in [0.25, 0.3) is 10.9 Å². The van der Waals surface area contributed by atoms with Gasteiger partial charge in [0.2, 0.25) is 11.9 Å². The van der Waals surface area contributed by atoms with Gasteiger partial charge in [0.1, 0.15) is 12.4 Å². The number of carbonyl (C=O) groups is 1. The van der Waals surface area contributed by atoms with Gasteiger partial charge in [-0.3, -0.25) is 14.2 Å². The summed E-state index contributed by atoms with van der Waals surface area (Å²) in [7, 11) is 0. The molecule has 2 fully saturated rings. The third kappa shape index (κ3) is 4.15. The van der Waals surface area contributed by atoms with E-state index in [2.05, 4.69) is 19.8 Å². The van der Waals surface area contributed by atoms with E-state index >= 15 is 0 Å². The third-order valence-electron chi connectivity index (χ3n) is 6.26. The first-order chi connectivity index (χ1) is 15.7. The van der Waals surface area contributed by atoms with Crippen molar-refractivity contribution in [2.24, 2.45) is 0 Å². The average Bonchev–Trinajstić information content (AvgIpc) is 2.86. The number of hydrogen-bond donors (Lipinski definition) is 0. The summed E-state index contributed by atoms with van der Waals surface area (Å²) < 4.78 is 1.40. The van der Waals surface area contributed by atoms with Crippen LogP contribution in [0.4, 0.5) is 11.8 Å². The minimum absolute atomic E-state index is 0.00326. The predicted molar refractivity (Wildman–Crippen MR) is 123 cm³/mol. The fourth-order valence-corrected chi connectivity index (χ4v) is 4.41. The number of fused-ring (bicyclic) bond motifs is 1. The molecule has 166 valence electrons. The van der Waals surface area contributed by atoms with Crippen molar-refractivity contribution >= 4 is 28.6 Å². The second-order valence-electron chi connectivity index (χ2n) is 8.33. The van der Waals surface area contributed by atoms with Crippen molar-refractivity contribution in [1.29, 1.82) is 0 Å². The predicted octanol–water partition coefficient (Wildman–Crippen LogP) is 1.53. The summed E-state index contributed by atoms with van der Waals surface area (Å²) in [4.78, 5) is 45.3. The number of anilines is 2. The number of amides is 1. The van der Waals surface area contributed by atoms with Crippen LogP contribution in [0.1, 0.15) is 19.3 Å². The van der Waals surface area contributed by atoms with Crippen molar-refractivity contribution in [1.82, 2.24) is 24.4 Å². The summed E-state index contributed by atoms with van der Waals surface area (Å²) in [6, 6.07) is 9.12. The molecule has 0 unspecified atom stereocenters. The molecule has 0 aliphatic carbocycles. The number of para-hydroxylation sites is 1. The second kappa shape index (κ2) is 8.94. The van der Waals surface area contributed by atoms with E-state index in [0.717, 1.165) is 24.9 Å². The van der Waals surface area contributed by atoms with E-state index in [4.69, 9.17) is 4.98 Å². The summed E-state index contributed by atoms with van der Waals surface area (Å²) in [5.74, 6) is 1.63. The number of nitrogens with zero attached hydrogens (tertiary/aromatic N) is 7. The van der Waals surface area contributed by atoms with Gasteiger partial charge in [-0.1, -0.05) is 12.1 Å². The summed E-state index contributed by atoms with van der Waals surface area (Å²) in [5.41, 5.74) is 0.456. The SMILES string of the molecule is O=C(Cn1cnc2ccccc2c1=O)N1CCN(c2ccnc(N3CCCCC3)n2)CC1. The molecular formula is C23H27N7O2. The highest BCUT2D eigenvalue weighted by Crippen LogP contribution is 2.20. The lowest BCUT2D eigenvalue weighted by Gasteiger charge is -2.36. The number of carbonyl (C=O) groups excluding carboxylic acids is 1. The number of piperidine rings is 1. The normalized spacial score (nSPS) is 17.1. The molecule has 1 aromatic carbocycles. The van der Waals surface area contributed by atoms with Crippen LogP contribution in [0.15, 0.2) is 47.7 Å². The number of piperazine rings is 1. The number of rotatable bonds is 4. The van der Waals surface area contributed by atoms with Crippen molar-refractivity contribution in [2.45, 2.75) is 25.8 Å². The third-order valence-corrected chi connectivity index (χ3v) is 6.26. The Labute approximate surface area is 186 Å². The van der Waals surface area contributed by atoms with Crippen molar-refractivity contribution in [2.75, 3.05) is 49.1 Å². The molecule has 9 heteroatoms. The van der Waals surface area contributed by atoms with Crippen molar-refractivity contribution < 1.29 is 4.79 Å². The molecule has 0 radical (unpaired) electrons. The smallest absolute Gasteiger partial charge is 0.261 e. The molecule has 1 amide bonds. The Kier molecular flexibility index (Phi) is 5.70. The Hall–Kier alpha value is -3.49. The van der Waals surface area contributed by atoms with Crippen LogP contribution in [-0.2, 0) is 11.3 Å². The fraction of sp³-hybridized carbons (Fsp3) is 0.435. The zero-order chi connectivity index (χ0) is 21.9. The zero-order valence-corrected chi connectivity index (χ0v) is 18.1. The molecule has 2 saturated heterocycles. The van der Waals surface area contributed by atoms with Crippen molar-refractivity contribution in [3.05, 3.63) is 53.2 Å². The Morgan fingerprint density at radius 2 is 1.66 bits per heavy atom. The lowest BCUT2D eigenvalue weighted by molar-refractivity contribution is -0.132. The van der Waals surface area contributed by atoms with E-state index in [9.17, 15) is 9.59 Å². The van der Waals surface area contributed by atoms with Crippen LogP contribution >= 0.6 is 0 Å². The largest absolute Gasteiger partial charge is 0.353 e. The van der Waals surface area contributed by atoms with E-state index in [0.29, 0.717) is 37.1 Å². The van der Waals surface area contributed by atoms with Crippen LogP contribution in [-0.4, -0.2) is 69.6 Å². The molecule has 5 rings (SSSR count). The first-order valence-electron chi connectivity index (χ1n) is 11.2. The van der Waals surface area contributed by atoms with Gasteiger partial charge in [0, 0.05) is 45.5 Å². The van der Waals surface area contributed by atoms with Crippen LogP contribution in [0.2, 0.25) is 0 Å². The lowest BCUT2D eigenvalue weighted by Crippen LogP contribution is -2.50. The highest BCUT2D eigenvalue weighted by Gasteiger charge is 2.23. The molecule has 0 bridgehead atoms. The van der Waals surface area contributed by atoms with Crippen molar-refractivity contribution in [3.8, 4) is 0 Å². The maximum atomic E-state index is 12.8. The lowest BCUT2D eigenvalue weighted by atomic mass is 10.1. The van der Waals surface area contributed by atoms with Crippen molar-refractivity contribution in [3.63, 3.8) is 0 Å². The summed E-state index contributed by atoms with van der Waals surface area (Å²) in [5, 5.41) is 0.529. The van der Waals surface area contributed by atoms with Gasteiger partial charge in [-0.05, 0) is 37.5 Å². The Balaban J connectivity index is 1.22. The Bertz CT molecular complexity index is 1160. The maximum Gasteiger partial charge on any atom is 0.261 e. The maximum absolute atomic E-state index is 12.8. The summed E-state index contributed by atoms with van der Waals surface area (Å²) in [6.07, 6.45) is 6.92. The molecule has 0 saturated carbocycles. The molecule has 0 atom stereocenters. The van der Waals surface area contributed by atoms with E-state index in [-0.39, 0.29) is 18.0 Å². The van der Waals surface area contributed by atoms with E-state index < -0.39 is 0 Å². The molecule has 0 spiro atoms. The molecule has 2 aromatic heterocycles.